The van der Waals surface area contributed by atoms with Crippen LogP contribution in [0.4, 0.5) is 0 Å². The van der Waals surface area contributed by atoms with Crippen LogP contribution >= 0.6 is 0 Å². The smallest absolute Gasteiger partial charge is 0.330 e. The quantitative estimate of drug-likeness (QED) is 0.654. The van der Waals surface area contributed by atoms with E-state index < -0.39 is 36.0 Å². The number of hydrogen-bond acceptors (Lipinski definition) is 4. The SMILES string of the molecule is [2H]C([2H])([2H])c1cn(C2C=CC(CO)O2)c(=O)[nH]c1=O. The van der Waals surface area contributed by atoms with Crippen LogP contribution in [0.25, 0.3) is 0 Å². The Kier molecular flexibility index (Phi) is 1.93. The number of rotatable bonds is 2. The molecule has 2 heterocycles. The molecule has 2 rings (SSSR count). The van der Waals surface area contributed by atoms with Crippen LogP contribution in [0, 0.1) is 6.85 Å². The Bertz CT molecular complexity index is 616. The van der Waals surface area contributed by atoms with Crippen LogP contribution in [0.15, 0.2) is 27.9 Å². The summed E-state index contributed by atoms with van der Waals surface area (Å²) in [5, 5.41) is 8.92. The van der Waals surface area contributed by atoms with Crippen molar-refractivity contribution in [3.63, 3.8) is 0 Å². The molecule has 0 aromatic carbocycles. The summed E-state index contributed by atoms with van der Waals surface area (Å²) < 4.78 is 27.9. The minimum Gasteiger partial charge on any atom is -0.393 e. The minimum absolute atomic E-state index is 0.253. The number of nitrogens with zero attached hydrogens (tertiary/aromatic N) is 1. The van der Waals surface area contributed by atoms with Gasteiger partial charge in [-0.25, -0.2) is 4.79 Å². The highest BCUT2D eigenvalue weighted by atomic mass is 16.5. The second kappa shape index (κ2) is 4.07. The number of H-pyrrole nitrogens is 1. The van der Waals surface area contributed by atoms with Crippen molar-refractivity contribution < 1.29 is 14.0 Å². The molecule has 0 aliphatic carbocycles. The molecule has 2 unspecified atom stereocenters. The van der Waals surface area contributed by atoms with Crippen LogP contribution in [0.1, 0.15) is 15.9 Å². The Morgan fingerprint density at radius 1 is 1.62 bits per heavy atom. The largest absolute Gasteiger partial charge is 0.393 e. The molecule has 1 aliphatic rings. The van der Waals surface area contributed by atoms with E-state index in [2.05, 4.69) is 0 Å². The molecule has 0 spiro atoms. The second-order valence-corrected chi connectivity index (χ2v) is 3.34. The van der Waals surface area contributed by atoms with Gasteiger partial charge in [0, 0.05) is 15.9 Å². The molecule has 0 bridgehead atoms. The molecule has 0 saturated heterocycles. The first-order chi connectivity index (χ1) is 8.82. The summed E-state index contributed by atoms with van der Waals surface area (Å²) in [6.45, 7) is -2.88. The Morgan fingerprint density at radius 3 is 3.06 bits per heavy atom. The van der Waals surface area contributed by atoms with Crippen LogP contribution < -0.4 is 11.2 Å². The van der Waals surface area contributed by atoms with Gasteiger partial charge < -0.3 is 9.84 Å². The maximum Gasteiger partial charge on any atom is 0.330 e. The van der Waals surface area contributed by atoms with Crippen molar-refractivity contribution in [1.29, 1.82) is 0 Å². The van der Waals surface area contributed by atoms with Gasteiger partial charge in [-0.05, 0) is 12.9 Å². The van der Waals surface area contributed by atoms with E-state index in [0.717, 1.165) is 10.8 Å². The maximum absolute atomic E-state index is 11.6. The van der Waals surface area contributed by atoms with E-state index in [9.17, 15) is 9.59 Å². The van der Waals surface area contributed by atoms with Crippen molar-refractivity contribution in [2.45, 2.75) is 19.2 Å². The zero-order chi connectivity index (χ0) is 14.2. The monoisotopic (exact) mass is 227 g/mol. The highest BCUT2D eigenvalue weighted by molar-refractivity contribution is 5.06. The number of hydrogen-bond donors (Lipinski definition) is 2. The molecule has 1 aliphatic heterocycles. The fourth-order valence-electron chi connectivity index (χ4n) is 1.43. The number of aromatic nitrogens is 2. The number of aliphatic hydroxyl groups is 1. The van der Waals surface area contributed by atoms with Crippen LogP contribution in [0.2, 0.25) is 0 Å². The van der Waals surface area contributed by atoms with Gasteiger partial charge in [-0.15, -0.1) is 0 Å². The minimum atomic E-state index is -2.62. The molecule has 2 N–H and O–H groups in total. The highest BCUT2D eigenvalue weighted by Crippen LogP contribution is 2.18. The van der Waals surface area contributed by atoms with E-state index in [0.29, 0.717) is 0 Å². The van der Waals surface area contributed by atoms with Gasteiger partial charge >= 0.3 is 5.69 Å². The Labute approximate surface area is 95.0 Å². The zero-order valence-corrected chi connectivity index (χ0v) is 8.21. The third-order valence-corrected chi connectivity index (χ3v) is 2.23. The summed E-state index contributed by atoms with van der Waals surface area (Å²) in [7, 11) is 0. The van der Waals surface area contributed by atoms with Gasteiger partial charge in [0.15, 0.2) is 6.23 Å². The third-order valence-electron chi connectivity index (χ3n) is 2.23. The fourth-order valence-corrected chi connectivity index (χ4v) is 1.43. The molecule has 0 amide bonds. The molecule has 0 saturated carbocycles. The lowest BCUT2D eigenvalue weighted by atomic mass is 10.3. The normalized spacial score (nSPS) is 27.4. The Balaban J connectivity index is 2.46. The van der Waals surface area contributed by atoms with Crippen LogP contribution in [0.3, 0.4) is 0 Å². The molecule has 1 aromatic rings. The molecule has 16 heavy (non-hydrogen) atoms. The van der Waals surface area contributed by atoms with E-state index in [4.69, 9.17) is 14.0 Å². The lowest BCUT2D eigenvalue weighted by Gasteiger charge is -2.14. The maximum atomic E-state index is 11.6. The summed E-state index contributed by atoms with van der Waals surface area (Å²) in [4.78, 5) is 25.0. The average molecular weight is 227 g/mol. The van der Waals surface area contributed by atoms with Gasteiger partial charge in [-0.1, -0.05) is 6.08 Å². The lowest BCUT2D eigenvalue weighted by Crippen LogP contribution is -2.33. The number of ether oxygens (including phenoxy) is 1. The molecule has 0 radical (unpaired) electrons. The molecule has 0 fully saturated rings. The van der Waals surface area contributed by atoms with Crippen LogP contribution in [-0.4, -0.2) is 27.4 Å². The van der Waals surface area contributed by atoms with Gasteiger partial charge in [0.2, 0.25) is 0 Å². The van der Waals surface area contributed by atoms with Gasteiger partial charge in [0.1, 0.15) is 6.10 Å². The molecule has 6 nitrogen and oxygen atoms in total. The molecular formula is C10H12N2O4. The van der Waals surface area contributed by atoms with E-state index in [-0.39, 0.29) is 6.61 Å². The molecular weight excluding hydrogens is 212 g/mol. The van der Waals surface area contributed by atoms with Gasteiger partial charge in [0.05, 0.1) is 6.61 Å². The molecule has 6 heteroatoms. The lowest BCUT2D eigenvalue weighted by molar-refractivity contribution is -0.0104. The van der Waals surface area contributed by atoms with Crippen molar-refractivity contribution in [1.82, 2.24) is 9.55 Å². The van der Waals surface area contributed by atoms with Crippen molar-refractivity contribution in [2.24, 2.45) is 0 Å². The molecule has 86 valence electrons. The second-order valence-electron chi connectivity index (χ2n) is 3.34. The van der Waals surface area contributed by atoms with Crippen LogP contribution in [-0.2, 0) is 4.74 Å². The summed E-state index contributed by atoms with van der Waals surface area (Å²) in [6.07, 6.45) is 2.62. The predicted molar refractivity (Wildman–Crippen MR) is 56.2 cm³/mol. The first kappa shape index (κ1) is 7.59. The predicted octanol–water partition coefficient (Wildman–Crippen LogP) is -0.709. The van der Waals surface area contributed by atoms with Gasteiger partial charge in [-0.3, -0.25) is 14.3 Å². The number of aryl methyl sites for hydroxylation is 1. The standard InChI is InChI=1S/C10H12N2O4/c1-6-4-12(10(15)11-9(6)14)8-3-2-7(5-13)16-8/h2-4,7-8,13H,5H2,1H3,(H,11,14,15)/i1D3. The van der Waals surface area contributed by atoms with Crippen molar-refractivity contribution >= 4 is 0 Å². The first-order valence-electron chi connectivity index (χ1n) is 6.13. The molecule has 2 atom stereocenters. The van der Waals surface area contributed by atoms with E-state index in [1.165, 1.54) is 6.08 Å². The van der Waals surface area contributed by atoms with Gasteiger partial charge in [0.25, 0.3) is 5.56 Å². The molecule has 1 aromatic heterocycles. The Morgan fingerprint density at radius 2 is 2.44 bits per heavy atom. The number of aliphatic hydroxyl groups excluding tert-OH is 1. The Hall–Kier alpha value is -1.66. The zero-order valence-electron chi connectivity index (χ0n) is 11.2. The van der Waals surface area contributed by atoms with Gasteiger partial charge in [-0.2, -0.15) is 0 Å². The van der Waals surface area contributed by atoms with E-state index in [1.807, 2.05) is 4.98 Å². The van der Waals surface area contributed by atoms with Crippen LogP contribution in [0.5, 0.6) is 0 Å². The van der Waals surface area contributed by atoms with E-state index in [1.54, 1.807) is 6.08 Å². The summed E-state index contributed by atoms with van der Waals surface area (Å²) in [6, 6.07) is 0. The van der Waals surface area contributed by atoms with Crippen molar-refractivity contribution in [3.8, 4) is 0 Å². The highest BCUT2D eigenvalue weighted by Gasteiger charge is 2.20. The third kappa shape index (κ3) is 1.84. The van der Waals surface area contributed by atoms with E-state index >= 15 is 0 Å². The topological polar surface area (TPSA) is 84.3 Å². The number of aromatic amines is 1. The summed E-state index contributed by atoms with van der Waals surface area (Å²) in [5.41, 5.74) is -2.20. The van der Waals surface area contributed by atoms with Crippen molar-refractivity contribution in [2.75, 3.05) is 6.61 Å². The van der Waals surface area contributed by atoms with Crippen molar-refractivity contribution in [3.05, 3.63) is 44.8 Å². The number of nitrogens with one attached hydrogen (secondary N) is 1. The first-order valence-corrected chi connectivity index (χ1v) is 4.63. The fraction of sp³-hybridized carbons (Fsp3) is 0.400. The average Bonchev–Trinajstić information content (AvgIpc) is 2.75. The summed E-state index contributed by atoms with van der Waals surface area (Å²) in [5.74, 6) is 0. The summed E-state index contributed by atoms with van der Waals surface area (Å²) >= 11 is 0.